The Morgan fingerprint density at radius 3 is 2.42 bits per heavy atom. The molecule has 1 rings (SSSR count). The van der Waals surface area contributed by atoms with Crippen LogP contribution >= 0.6 is 12.4 Å². The van der Waals surface area contributed by atoms with E-state index in [4.69, 9.17) is 5.73 Å². The van der Waals surface area contributed by atoms with Crippen molar-refractivity contribution in [2.75, 3.05) is 13.1 Å². The predicted octanol–water partition coefficient (Wildman–Crippen LogP) is 1.77. The highest BCUT2D eigenvalue weighted by molar-refractivity contribution is 5.85. The van der Waals surface area contributed by atoms with Crippen LogP contribution < -0.4 is 11.1 Å². The summed E-state index contributed by atoms with van der Waals surface area (Å²) in [6.07, 6.45) is 2.32. The third-order valence-corrected chi connectivity index (χ3v) is 3.66. The summed E-state index contributed by atoms with van der Waals surface area (Å²) in [7, 11) is 0. The lowest BCUT2D eigenvalue weighted by molar-refractivity contribution is -0.128. The first kappa shape index (κ1) is 18.7. The smallest absolute Gasteiger partial charge is 0.237 e. The molecule has 1 fully saturated rings. The molecule has 19 heavy (non-hydrogen) atoms. The van der Waals surface area contributed by atoms with E-state index in [1.807, 2.05) is 27.7 Å². The van der Waals surface area contributed by atoms with Crippen molar-refractivity contribution >= 4 is 18.3 Å². The molecule has 3 unspecified atom stereocenters. The summed E-state index contributed by atoms with van der Waals surface area (Å²) in [5, 5.41) is 3.05. The second kappa shape index (κ2) is 7.46. The molecule has 4 nitrogen and oxygen atoms in total. The number of hydrogen-bond donors (Lipinski definition) is 2. The summed E-state index contributed by atoms with van der Waals surface area (Å²) in [5.74, 6) is 0.636. The van der Waals surface area contributed by atoms with Gasteiger partial charge in [-0.05, 0) is 59.9 Å². The molecule has 0 bridgehead atoms. The van der Waals surface area contributed by atoms with Crippen LogP contribution in [0.25, 0.3) is 0 Å². The van der Waals surface area contributed by atoms with Crippen molar-refractivity contribution in [1.29, 1.82) is 0 Å². The van der Waals surface area contributed by atoms with E-state index < -0.39 is 0 Å². The number of likely N-dealkylation sites (tertiary alicyclic amines) is 1. The highest BCUT2D eigenvalue weighted by Gasteiger charge is 2.30. The lowest BCUT2D eigenvalue weighted by Gasteiger charge is -2.38. The summed E-state index contributed by atoms with van der Waals surface area (Å²) in [5.41, 5.74) is 5.82. The Kier molecular flexibility index (Phi) is 7.33. The van der Waals surface area contributed by atoms with Crippen molar-refractivity contribution in [1.82, 2.24) is 10.2 Å². The fourth-order valence-electron chi connectivity index (χ4n) is 2.46. The van der Waals surface area contributed by atoms with Gasteiger partial charge in [-0.1, -0.05) is 0 Å². The maximum Gasteiger partial charge on any atom is 0.237 e. The van der Waals surface area contributed by atoms with Crippen LogP contribution in [0.3, 0.4) is 0 Å². The summed E-state index contributed by atoms with van der Waals surface area (Å²) >= 11 is 0. The van der Waals surface area contributed by atoms with Crippen LogP contribution in [0, 0.1) is 5.92 Å². The van der Waals surface area contributed by atoms with Crippen LogP contribution in [0.15, 0.2) is 0 Å². The van der Waals surface area contributed by atoms with Crippen LogP contribution in [-0.4, -0.2) is 41.5 Å². The maximum atomic E-state index is 12.2. The fraction of sp³-hybridized carbons (Fsp3) is 0.929. The number of carbonyl (C=O) groups excluding carboxylic acids is 1. The topological polar surface area (TPSA) is 58.4 Å². The molecule has 1 heterocycles. The largest absolute Gasteiger partial charge is 0.350 e. The lowest BCUT2D eigenvalue weighted by Crippen LogP contribution is -2.54. The molecule has 0 radical (unpaired) electrons. The Balaban J connectivity index is 0.00000324. The van der Waals surface area contributed by atoms with Gasteiger partial charge in [0, 0.05) is 18.1 Å². The quantitative estimate of drug-likeness (QED) is 0.833. The van der Waals surface area contributed by atoms with Gasteiger partial charge in [0.25, 0.3) is 0 Å². The maximum absolute atomic E-state index is 12.2. The van der Waals surface area contributed by atoms with Crippen molar-refractivity contribution in [3.8, 4) is 0 Å². The lowest BCUT2D eigenvalue weighted by atomic mass is 9.91. The van der Waals surface area contributed by atoms with Gasteiger partial charge in [0.05, 0.1) is 6.04 Å². The van der Waals surface area contributed by atoms with E-state index in [0.717, 1.165) is 19.5 Å². The number of nitrogens with one attached hydrogen (secondary N) is 1. The Bertz CT molecular complexity index is 289. The van der Waals surface area contributed by atoms with Crippen LogP contribution in [-0.2, 0) is 4.79 Å². The molecule has 0 aromatic rings. The van der Waals surface area contributed by atoms with E-state index in [9.17, 15) is 4.79 Å². The molecule has 1 aliphatic heterocycles. The Morgan fingerprint density at radius 2 is 1.95 bits per heavy atom. The van der Waals surface area contributed by atoms with Gasteiger partial charge in [-0.2, -0.15) is 0 Å². The van der Waals surface area contributed by atoms with Gasteiger partial charge >= 0.3 is 0 Å². The minimum absolute atomic E-state index is 0. The number of rotatable bonds is 3. The number of hydrogen-bond acceptors (Lipinski definition) is 3. The standard InChI is InChI=1S/C14H29N3O.ClH/c1-10(15)12-7-6-8-17(9-12)11(2)13(18)16-14(3,4)5;/h10-12H,6-9,15H2,1-5H3,(H,16,18);1H. The number of piperidine rings is 1. The average molecular weight is 292 g/mol. The third kappa shape index (κ3) is 6.11. The van der Waals surface area contributed by atoms with E-state index in [1.54, 1.807) is 0 Å². The zero-order valence-corrected chi connectivity index (χ0v) is 13.7. The summed E-state index contributed by atoms with van der Waals surface area (Å²) in [6, 6.07) is 0.149. The summed E-state index contributed by atoms with van der Waals surface area (Å²) in [4.78, 5) is 14.4. The van der Waals surface area contributed by atoms with Crippen LogP contribution in [0.5, 0.6) is 0 Å². The fourth-order valence-corrected chi connectivity index (χ4v) is 2.46. The van der Waals surface area contributed by atoms with Crippen LogP contribution in [0.2, 0.25) is 0 Å². The zero-order chi connectivity index (χ0) is 13.9. The average Bonchev–Trinajstić information content (AvgIpc) is 2.26. The SMILES string of the molecule is CC(N)C1CCCN(C(C)C(=O)NC(C)(C)C)C1.Cl. The molecule has 0 spiro atoms. The van der Waals surface area contributed by atoms with Crippen molar-refractivity contribution in [3.63, 3.8) is 0 Å². The number of carbonyl (C=O) groups is 1. The third-order valence-electron chi connectivity index (χ3n) is 3.66. The second-order valence-electron chi connectivity index (χ2n) is 6.67. The molecule has 1 amide bonds. The van der Waals surface area contributed by atoms with Crippen molar-refractivity contribution in [3.05, 3.63) is 0 Å². The van der Waals surface area contributed by atoms with Gasteiger partial charge in [0.1, 0.15) is 0 Å². The summed E-state index contributed by atoms with van der Waals surface area (Å²) < 4.78 is 0. The van der Waals surface area contributed by atoms with Crippen molar-refractivity contribution in [2.45, 2.75) is 65.1 Å². The van der Waals surface area contributed by atoms with Gasteiger partial charge in [-0.25, -0.2) is 0 Å². The van der Waals surface area contributed by atoms with E-state index >= 15 is 0 Å². The highest BCUT2D eigenvalue weighted by atomic mass is 35.5. The molecular formula is C14H30ClN3O. The predicted molar refractivity (Wildman–Crippen MR) is 82.6 cm³/mol. The molecule has 3 atom stereocenters. The zero-order valence-electron chi connectivity index (χ0n) is 12.9. The van der Waals surface area contributed by atoms with Crippen molar-refractivity contribution < 1.29 is 4.79 Å². The Hall–Kier alpha value is -0.320. The van der Waals surface area contributed by atoms with Gasteiger partial charge in [-0.15, -0.1) is 12.4 Å². The number of nitrogens with two attached hydrogens (primary N) is 1. The van der Waals surface area contributed by atoms with E-state index in [-0.39, 0.29) is 35.9 Å². The highest BCUT2D eigenvalue weighted by Crippen LogP contribution is 2.20. The number of amides is 1. The molecular weight excluding hydrogens is 262 g/mol. The monoisotopic (exact) mass is 291 g/mol. The van der Waals surface area contributed by atoms with E-state index in [0.29, 0.717) is 5.92 Å². The number of halogens is 1. The molecule has 0 aliphatic carbocycles. The van der Waals surface area contributed by atoms with E-state index in [2.05, 4.69) is 17.1 Å². The second-order valence-corrected chi connectivity index (χ2v) is 6.67. The molecule has 3 N–H and O–H groups in total. The molecule has 1 saturated heterocycles. The molecule has 114 valence electrons. The molecule has 0 aromatic heterocycles. The van der Waals surface area contributed by atoms with Crippen molar-refractivity contribution in [2.24, 2.45) is 11.7 Å². The van der Waals surface area contributed by atoms with Gasteiger partial charge in [0.2, 0.25) is 5.91 Å². The normalized spacial score (nSPS) is 24.2. The number of nitrogens with zero attached hydrogens (tertiary/aromatic N) is 1. The molecule has 0 aromatic carbocycles. The Morgan fingerprint density at radius 1 is 1.37 bits per heavy atom. The summed E-state index contributed by atoms with van der Waals surface area (Å²) in [6.45, 7) is 12.0. The molecule has 1 aliphatic rings. The Labute approximate surface area is 123 Å². The van der Waals surface area contributed by atoms with Gasteiger partial charge in [0.15, 0.2) is 0 Å². The molecule has 5 heteroatoms. The van der Waals surface area contributed by atoms with Gasteiger partial charge in [-0.3, -0.25) is 9.69 Å². The van der Waals surface area contributed by atoms with Crippen LogP contribution in [0.1, 0.15) is 47.5 Å². The first-order chi connectivity index (χ1) is 8.20. The minimum Gasteiger partial charge on any atom is -0.350 e. The first-order valence-electron chi connectivity index (χ1n) is 7.02. The van der Waals surface area contributed by atoms with E-state index in [1.165, 1.54) is 6.42 Å². The first-order valence-corrected chi connectivity index (χ1v) is 7.02. The van der Waals surface area contributed by atoms with Gasteiger partial charge < -0.3 is 11.1 Å². The molecule has 0 saturated carbocycles. The van der Waals surface area contributed by atoms with Crippen LogP contribution in [0.4, 0.5) is 0 Å². The minimum atomic E-state index is -0.165.